The van der Waals surface area contributed by atoms with E-state index in [0.29, 0.717) is 5.92 Å². The largest absolute Gasteiger partial charge is 0.385 e. The highest BCUT2D eigenvalue weighted by Gasteiger charge is 2.50. The lowest BCUT2D eigenvalue weighted by Gasteiger charge is -2.07. The smallest absolute Gasteiger partial charge is 0.0927 e. The first-order valence-corrected chi connectivity index (χ1v) is 3.86. The molecule has 1 aromatic rings. The minimum atomic E-state index is -0.539. The van der Waals surface area contributed by atoms with Crippen LogP contribution in [0.15, 0.2) is 24.5 Å². The van der Waals surface area contributed by atoms with Crippen LogP contribution in [0.5, 0.6) is 0 Å². The molecule has 0 aromatic carbocycles. The Bertz CT molecular complexity index is 260. The van der Waals surface area contributed by atoms with Crippen LogP contribution in [0.25, 0.3) is 0 Å². The predicted molar refractivity (Wildman–Crippen MR) is 41.9 cm³/mol. The van der Waals surface area contributed by atoms with Gasteiger partial charge in [-0.3, -0.25) is 4.98 Å². The minimum absolute atomic E-state index is 0.407. The third-order valence-electron chi connectivity index (χ3n) is 2.45. The van der Waals surface area contributed by atoms with Crippen molar-refractivity contribution in [3.05, 3.63) is 30.1 Å². The lowest BCUT2D eigenvalue weighted by atomic mass is 10.1. The third kappa shape index (κ3) is 0.942. The van der Waals surface area contributed by atoms with Crippen molar-refractivity contribution in [2.24, 2.45) is 5.92 Å². The second kappa shape index (κ2) is 2.05. The number of hydrogen-bond donors (Lipinski definition) is 1. The summed E-state index contributed by atoms with van der Waals surface area (Å²) < 4.78 is 0. The number of nitrogens with zero attached hydrogens (tertiary/aromatic N) is 1. The van der Waals surface area contributed by atoms with E-state index < -0.39 is 5.60 Å². The van der Waals surface area contributed by atoms with Crippen molar-refractivity contribution in [2.75, 3.05) is 0 Å². The van der Waals surface area contributed by atoms with Gasteiger partial charge in [0.1, 0.15) is 0 Å². The van der Waals surface area contributed by atoms with E-state index in [9.17, 15) is 5.11 Å². The van der Waals surface area contributed by atoms with E-state index in [4.69, 9.17) is 0 Å². The summed E-state index contributed by atoms with van der Waals surface area (Å²) in [5.74, 6) is 0.407. The Labute approximate surface area is 65.9 Å². The average Bonchev–Trinajstić information content (AvgIpc) is 2.64. The van der Waals surface area contributed by atoms with Crippen LogP contribution < -0.4 is 0 Å². The first kappa shape index (κ1) is 6.80. The number of aromatic nitrogens is 1. The van der Waals surface area contributed by atoms with Crippen molar-refractivity contribution < 1.29 is 5.11 Å². The van der Waals surface area contributed by atoms with Gasteiger partial charge in [-0.25, -0.2) is 0 Å². The molecular weight excluding hydrogens is 138 g/mol. The summed E-state index contributed by atoms with van der Waals surface area (Å²) in [5, 5.41) is 9.84. The molecule has 0 saturated heterocycles. The first-order valence-electron chi connectivity index (χ1n) is 3.86. The molecule has 0 bridgehead atoms. The van der Waals surface area contributed by atoms with E-state index in [-0.39, 0.29) is 0 Å². The molecule has 58 valence electrons. The zero-order valence-electron chi connectivity index (χ0n) is 6.49. The number of aliphatic hydroxyl groups is 1. The van der Waals surface area contributed by atoms with Crippen LogP contribution in [-0.4, -0.2) is 10.1 Å². The second-order valence-electron chi connectivity index (χ2n) is 3.27. The molecule has 2 rings (SSSR count). The zero-order chi connectivity index (χ0) is 7.90. The Morgan fingerprint density at radius 1 is 1.55 bits per heavy atom. The number of hydrogen-bond acceptors (Lipinski definition) is 2. The van der Waals surface area contributed by atoms with Crippen LogP contribution >= 0.6 is 0 Å². The Kier molecular flexibility index (Phi) is 1.26. The van der Waals surface area contributed by atoms with Crippen molar-refractivity contribution in [2.45, 2.75) is 18.9 Å². The molecule has 0 aliphatic heterocycles. The van der Waals surface area contributed by atoms with Gasteiger partial charge < -0.3 is 5.11 Å². The van der Waals surface area contributed by atoms with Crippen LogP contribution in [0.2, 0.25) is 0 Å². The molecule has 0 radical (unpaired) electrons. The first-order chi connectivity index (χ1) is 5.23. The fourth-order valence-electron chi connectivity index (χ4n) is 1.45. The van der Waals surface area contributed by atoms with Crippen LogP contribution in [0, 0.1) is 5.92 Å². The fraction of sp³-hybridized carbons (Fsp3) is 0.444. The molecular formula is C9H11NO. The maximum Gasteiger partial charge on any atom is 0.0927 e. The summed E-state index contributed by atoms with van der Waals surface area (Å²) in [6.07, 6.45) is 4.33. The van der Waals surface area contributed by atoms with Gasteiger partial charge in [0, 0.05) is 12.4 Å². The van der Waals surface area contributed by atoms with Crippen molar-refractivity contribution >= 4 is 0 Å². The van der Waals surface area contributed by atoms with Crippen molar-refractivity contribution in [3.63, 3.8) is 0 Å². The van der Waals surface area contributed by atoms with Crippen LogP contribution in [0.1, 0.15) is 18.9 Å². The topological polar surface area (TPSA) is 33.1 Å². The maximum atomic E-state index is 9.84. The van der Waals surface area contributed by atoms with E-state index in [2.05, 4.69) is 11.9 Å². The predicted octanol–water partition coefficient (Wildman–Crippen LogP) is 1.31. The summed E-state index contributed by atoms with van der Waals surface area (Å²) in [4.78, 5) is 3.90. The van der Waals surface area contributed by atoms with Crippen LogP contribution in [0.3, 0.4) is 0 Å². The Morgan fingerprint density at radius 2 is 2.09 bits per heavy atom. The van der Waals surface area contributed by atoms with Crippen molar-refractivity contribution in [3.8, 4) is 0 Å². The molecule has 1 fully saturated rings. The second-order valence-corrected chi connectivity index (χ2v) is 3.27. The van der Waals surface area contributed by atoms with E-state index >= 15 is 0 Å². The average molecular weight is 149 g/mol. The summed E-state index contributed by atoms with van der Waals surface area (Å²) in [5.41, 5.74) is 0.461. The highest BCUT2D eigenvalue weighted by molar-refractivity contribution is 5.26. The molecule has 1 aromatic heterocycles. The van der Waals surface area contributed by atoms with Gasteiger partial charge in [0.05, 0.1) is 5.60 Å². The molecule has 2 nitrogen and oxygen atoms in total. The van der Waals surface area contributed by atoms with E-state index in [1.54, 1.807) is 12.4 Å². The molecule has 1 heterocycles. The molecule has 1 aliphatic rings. The molecule has 0 spiro atoms. The molecule has 1 N–H and O–H groups in total. The molecule has 2 unspecified atom stereocenters. The highest BCUT2D eigenvalue weighted by Crippen LogP contribution is 2.51. The van der Waals surface area contributed by atoms with E-state index in [0.717, 1.165) is 12.0 Å². The number of rotatable bonds is 1. The molecule has 11 heavy (non-hydrogen) atoms. The quantitative estimate of drug-likeness (QED) is 0.653. The normalized spacial score (nSPS) is 35.3. The van der Waals surface area contributed by atoms with Crippen LogP contribution in [-0.2, 0) is 5.60 Å². The van der Waals surface area contributed by atoms with Gasteiger partial charge in [-0.05, 0) is 30.0 Å². The summed E-state index contributed by atoms with van der Waals surface area (Å²) in [6, 6.07) is 3.76. The summed E-state index contributed by atoms with van der Waals surface area (Å²) >= 11 is 0. The molecule has 2 heteroatoms. The summed E-state index contributed by atoms with van der Waals surface area (Å²) in [7, 11) is 0. The molecule has 0 amide bonds. The maximum absolute atomic E-state index is 9.84. The highest BCUT2D eigenvalue weighted by atomic mass is 16.3. The molecule has 1 aliphatic carbocycles. The Hall–Kier alpha value is -0.890. The molecule has 2 atom stereocenters. The number of pyridine rings is 1. The standard InChI is InChI=1S/C9H11NO/c1-7-6-9(7,11)8-2-4-10-5-3-8/h2-5,7,11H,6H2,1H3. The lowest BCUT2D eigenvalue weighted by Crippen LogP contribution is -2.06. The van der Waals surface area contributed by atoms with Gasteiger partial charge in [-0.2, -0.15) is 0 Å². The lowest BCUT2D eigenvalue weighted by molar-refractivity contribution is 0.134. The van der Waals surface area contributed by atoms with Crippen molar-refractivity contribution in [1.82, 2.24) is 4.98 Å². The fourth-order valence-corrected chi connectivity index (χ4v) is 1.45. The zero-order valence-corrected chi connectivity index (χ0v) is 6.49. The van der Waals surface area contributed by atoms with Gasteiger partial charge in [-0.15, -0.1) is 0 Å². The minimum Gasteiger partial charge on any atom is -0.385 e. The third-order valence-corrected chi connectivity index (χ3v) is 2.45. The monoisotopic (exact) mass is 149 g/mol. The van der Waals surface area contributed by atoms with Gasteiger partial charge in [0.25, 0.3) is 0 Å². The van der Waals surface area contributed by atoms with E-state index in [1.807, 2.05) is 12.1 Å². The SMILES string of the molecule is CC1CC1(O)c1ccncc1. The van der Waals surface area contributed by atoms with Gasteiger partial charge in [0.2, 0.25) is 0 Å². The van der Waals surface area contributed by atoms with Crippen LogP contribution in [0.4, 0.5) is 0 Å². The van der Waals surface area contributed by atoms with Crippen molar-refractivity contribution in [1.29, 1.82) is 0 Å². The van der Waals surface area contributed by atoms with Gasteiger partial charge in [0.15, 0.2) is 0 Å². The Morgan fingerprint density at radius 3 is 2.55 bits per heavy atom. The molecule has 1 saturated carbocycles. The van der Waals surface area contributed by atoms with Gasteiger partial charge >= 0.3 is 0 Å². The Balaban J connectivity index is 2.32. The summed E-state index contributed by atoms with van der Waals surface area (Å²) in [6.45, 7) is 2.06. The van der Waals surface area contributed by atoms with Gasteiger partial charge in [-0.1, -0.05) is 6.92 Å². The van der Waals surface area contributed by atoms with E-state index in [1.165, 1.54) is 0 Å².